The molecule has 1 spiro atoms. The third-order valence-electron chi connectivity index (χ3n) is 5.40. The Morgan fingerprint density at radius 1 is 1.36 bits per heavy atom. The van der Waals surface area contributed by atoms with Crippen LogP contribution in [0.1, 0.15) is 29.0 Å². The lowest BCUT2D eigenvalue weighted by atomic mass is 9.88. The van der Waals surface area contributed by atoms with Crippen molar-refractivity contribution in [1.29, 1.82) is 0 Å². The third-order valence-corrected chi connectivity index (χ3v) is 6.38. The van der Waals surface area contributed by atoms with Crippen molar-refractivity contribution in [2.75, 3.05) is 31.6 Å². The predicted octanol–water partition coefficient (Wildman–Crippen LogP) is 3.11. The molecule has 5 nitrogen and oxygen atoms in total. The van der Waals surface area contributed by atoms with Crippen LogP contribution in [0.2, 0.25) is 0 Å². The fourth-order valence-corrected chi connectivity index (χ4v) is 5.04. The van der Waals surface area contributed by atoms with Gasteiger partial charge in [-0.15, -0.1) is 11.3 Å². The molecular formula is C19H26N4OS. The largest absolute Gasteiger partial charge is 0.371 e. The summed E-state index contributed by atoms with van der Waals surface area (Å²) in [6.45, 7) is 6.19. The smallest absolute Gasteiger partial charge is 0.225 e. The fourth-order valence-electron chi connectivity index (χ4n) is 4.11. The Hall–Kier alpha value is -1.50. The number of aryl methyl sites for hydroxylation is 1. The second-order valence-corrected chi connectivity index (χ2v) is 8.71. The van der Waals surface area contributed by atoms with E-state index in [1.165, 1.54) is 22.7 Å². The minimum atomic E-state index is -0.00173. The Morgan fingerprint density at radius 2 is 2.20 bits per heavy atom. The Balaban J connectivity index is 1.40. The van der Waals surface area contributed by atoms with Gasteiger partial charge in [0.05, 0.1) is 18.2 Å². The van der Waals surface area contributed by atoms with Crippen LogP contribution in [0.5, 0.6) is 0 Å². The van der Waals surface area contributed by atoms with E-state index in [9.17, 15) is 0 Å². The molecule has 25 heavy (non-hydrogen) atoms. The highest BCUT2D eigenvalue weighted by Crippen LogP contribution is 2.37. The summed E-state index contributed by atoms with van der Waals surface area (Å²) in [6, 6.07) is 6.69. The number of likely N-dealkylation sites (N-methyl/N-ethyl adjacent to an activating group) is 1. The maximum Gasteiger partial charge on any atom is 0.225 e. The van der Waals surface area contributed by atoms with Crippen LogP contribution in [0.4, 0.5) is 5.95 Å². The molecule has 0 aromatic carbocycles. The van der Waals surface area contributed by atoms with Crippen molar-refractivity contribution in [2.45, 2.75) is 44.4 Å². The minimum Gasteiger partial charge on any atom is -0.371 e. The van der Waals surface area contributed by atoms with E-state index in [1.54, 1.807) is 12.4 Å². The topological polar surface area (TPSA) is 41.5 Å². The molecule has 134 valence electrons. The molecule has 2 fully saturated rings. The molecule has 2 aromatic rings. The van der Waals surface area contributed by atoms with E-state index in [0.29, 0.717) is 6.04 Å². The number of rotatable bonds is 4. The van der Waals surface area contributed by atoms with Gasteiger partial charge in [-0.3, -0.25) is 4.90 Å². The number of nitrogens with zero attached hydrogens (tertiary/aromatic N) is 4. The molecule has 0 N–H and O–H groups in total. The average Bonchev–Trinajstić information content (AvgIpc) is 3.22. The molecule has 2 aliphatic heterocycles. The monoisotopic (exact) mass is 358 g/mol. The van der Waals surface area contributed by atoms with E-state index in [4.69, 9.17) is 4.74 Å². The quantitative estimate of drug-likeness (QED) is 0.840. The number of anilines is 1. The van der Waals surface area contributed by atoms with Gasteiger partial charge in [-0.25, -0.2) is 9.97 Å². The minimum absolute atomic E-state index is 0.00173. The van der Waals surface area contributed by atoms with Crippen LogP contribution in [0.15, 0.2) is 30.6 Å². The maximum absolute atomic E-state index is 6.37. The summed E-state index contributed by atoms with van der Waals surface area (Å²) in [7, 11) is 2.08. The van der Waals surface area contributed by atoms with Crippen molar-refractivity contribution < 1.29 is 4.74 Å². The molecule has 0 bridgehead atoms. The Kier molecular flexibility index (Phi) is 4.75. The van der Waals surface area contributed by atoms with Crippen molar-refractivity contribution in [1.82, 2.24) is 14.9 Å². The van der Waals surface area contributed by atoms with Gasteiger partial charge in [-0.1, -0.05) is 0 Å². The van der Waals surface area contributed by atoms with Crippen molar-refractivity contribution >= 4 is 17.3 Å². The number of aromatic nitrogens is 2. The van der Waals surface area contributed by atoms with E-state index < -0.39 is 0 Å². The van der Waals surface area contributed by atoms with Crippen LogP contribution >= 0.6 is 11.3 Å². The Bertz CT molecular complexity index is 706. The van der Waals surface area contributed by atoms with E-state index in [-0.39, 0.29) is 5.60 Å². The molecular weight excluding hydrogens is 332 g/mol. The summed E-state index contributed by atoms with van der Waals surface area (Å²) in [4.78, 5) is 16.4. The van der Waals surface area contributed by atoms with E-state index in [2.05, 4.69) is 45.9 Å². The third kappa shape index (κ3) is 3.71. The van der Waals surface area contributed by atoms with Gasteiger partial charge in [0, 0.05) is 48.7 Å². The highest BCUT2D eigenvalue weighted by molar-refractivity contribution is 7.11. The summed E-state index contributed by atoms with van der Waals surface area (Å²) in [5.74, 6) is 0.787. The zero-order chi connectivity index (χ0) is 17.3. The van der Waals surface area contributed by atoms with Gasteiger partial charge in [0.15, 0.2) is 0 Å². The number of hydrogen-bond donors (Lipinski definition) is 0. The van der Waals surface area contributed by atoms with Gasteiger partial charge in [-0.05, 0) is 44.5 Å². The number of likely N-dealkylation sites (tertiary alicyclic amines) is 1. The zero-order valence-electron chi connectivity index (χ0n) is 15.0. The lowest BCUT2D eigenvalue weighted by Gasteiger charge is -2.39. The molecule has 0 saturated carbocycles. The predicted molar refractivity (Wildman–Crippen MR) is 101 cm³/mol. The first-order valence-corrected chi connectivity index (χ1v) is 9.87. The zero-order valence-corrected chi connectivity index (χ0v) is 15.8. The fraction of sp³-hybridized carbons (Fsp3) is 0.579. The summed E-state index contributed by atoms with van der Waals surface area (Å²) in [6.07, 6.45) is 7.03. The van der Waals surface area contributed by atoms with Crippen molar-refractivity contribution in [2.24, 2.45) is 0 Å². The molecule has 2 aromatic heterocycles. The second kappa shape index (κ2) is 7.02. The lowest BCUT2D eigenvalue weighted by Crippen LogP contribution is -2.48. The number of thiophene rings is 1. The first-order valence-electron chi connectivity index (χ1n) is 9.05. The van der Waals surface area contributed by atoms with Crippen LogP contribution in [0, 0.1) is 6.92 Å². The van der Waals surface area contributed by atoms with Crippen LogP contribution < -0.4 is 4.90 Å². The lowest BCUT2D eigenvalue weighted by molar-refractivity contribution is -0.0531. The van der Waals surface area contributed by atoms with E-state index in [0.717, 1.165) is 38.5 Å². The highest BCUT2D eigenvalue weighted by atomic mass is 32.1. The van der Waals surface area contributed by atoms with Crippen LogP contribution in [0.3, 0.4) is 0 Å². The molecule has 4 heterocycles. The van der Waals surface area contributed by atoms with Crippen LogP contribution in [0.25, 0.3) is 0 Å². The van der Waals surface area contributed by atoms with Crippen molar-refractivity contribution in [3.05, 3.63) is 40.3 Å². The van der Waals surface area contributed by atoms with Gasteiger partial charge in [0.1, 0.15) is 0 Å². The van der Waals surface area contributed by atoms with Gasteiger partial charge >= 0.3 is 0 Å². The summed E-state index contributed by atoms with van der Waals surface area (Å²) < 4.78 is 6.37. The molecule has 2 saturated heterocycles. The molecule has 0 unspecified atom stereocenters. The number of ether oxygens (including phenoxy) is 1. The SMILES string of the molecule is Cc1ccc(CN2CCC[C@]3(C[C@H](N(C)c4ncccn4)CO3)C2)s1. The van der Waals surface area contributed by atoms with E-state index in [1.807, 2.05) is 17.4 Å². The summed E-state index contributed by atoms with van der Waals surface area (Å²) in [5, 5.41) is 0. The normalized spacial score (nSPS) is 27.0. The molecule has 0 aliphatic carbocycles. The van der Waals surface area contributed by atoms with Crippen LogP contribution in [-0.4, -0.2) is 53.3 Å². The molecule has 6 heteroatoms. The molecule has 4 rings (SSSR count). The molecule has 0 radical (unpaired) electrons. The number of hydrogen-bond acceptors (Lipinski definition) is 6. The van der Waals surface area contributed by atoms with Crippen molar-refractivity contribution in [3.8, 4) is 0 Å². The first kappa shape index (κ1) is 16.9. The average molecular weight is 359 g/mol. The number of piperidine rings is 1. The Labute approximate surface area is 153 Å². The molecule has 0 amide bonds. The summed E-state index contributed by atoms with van der Waals surface area (Å²) in [5.41, 5.74) is -0.00173. The van der Waals surface area contributed by atoms with Gasteiger partial charge < -0.3 is 9.64 Å². The maximum atomic E-state index is 6.37. The Morgan fingerprint density at radius 3 is 2.96 bits per heavy atom. The van der Waals surface area contributed by atoms with E-state index >= 15 is 0 Å². The van der Waals surface area contributed by atoms with Crippen molar-refractivity contribution in [3.63, 3.8) is 0 Å². The molecule has 2 atom stereocenters. The first-order chi connectivity index (χ1) is 12.1. The standard InChI is InChI=1S/C19H26N4OS/c1-15-5-6-17(25-15)12-23-10-3-7-19(14-23)11-16(13-24-19)22(2)18-20-8-4-9-21-18/h4-6,8-9,16H,3,7,10-14H2,1-2H3/t16-,19-/m0/s1. The molecule has 2 aliphatic rings. The van der Waals surface area contributed by atoms with Gasteiger partial charge in [-0.2, -0.15) is 0 Å². The van der Waals surface area contributed by atoms with Gasteiger partial charge in [0.25, 0.3) is 0 Å². The highest BCUT2D eigenvalue weighted by Gasteiger charge is 2.44. The second-order valence-electron chi connectivity index (χ2n) is 7.34. The summed E-state index contributed by atoms with van der Waals surface area (Å²) >= 11 is 1.91. The van der Waals surface area contributed by atoms with Gasteiger partial charge in [0.2, 0.25) is 5.95 Å². The van der Waals surface area contributed by atoms with Crippen LogP contribution in [-0.2, 0) is 11.3 Å².